The van der Waals surface area contributed by atoms with Gasteiger partial charge in [-0.1, -0.05) is 13.8 Å². The van der Waals surface area contributed by atoms with Gasteiger partial charge in [-0.05, 0) is 18.8 Å². The molecule has 0 aromatic rings. The molecule has 7 heteroatoms. The van der Waals surface area contributed by atoms with Gasteiger partial charge in [-0.3, -0.25) is 14.7 Å². The summed E-state index contributed by atoms with van der Waals surface area (Å²) in [7, 11) is 1.81. The van der Waals surface area contributed by atoms with Gasteiger partial charge < -0.3 is 15.5 Å². The van der Waals surface area contributed by atoms with Gasteiger partial charge in [0.05, 0.1) is 0 Å². The normalized spacial score (nSPS) is 16.2. The number of carbonyl (C=O) groups excluding carboxylic acids is 1. The van der Waals surface area contributed by atoms with Gasteiger partial charge in [0.25, 0.3) is 0 Å². The van der Waals surface area contributed by atoms with Crippen molar-refractivity contribution in [1.82, 2.24) is 20.4 Å². The summed E-state index contributed by atoms with van der Waals surface area (Å²) in [6, 6.07) is 0. The number of guanidine groups is 1. The van der Waals surface area contributed by atoms with E-state index in [1.165, 1.54) is 12.8 Å². The van der Waals surface area contributed by atoms with Gasteiger partial charge >= 0.3 is 0 Å². The Morgan fingerprint density at radius 3 is 2.26 bits per heavy atom. The minimum absolute atomic E-state index is 0. The first kappa shape index (κ1) is 22.4. The molecule has 0 saturated carbocycles. The van der Waals surface area contributed by atoms with Gasteiger partial charge in [0.15, 0.2) is 5.96 Å². The van der Waals surface area contributed by atoms with Crippen LogP contribution in [0.1, 0.15) is 33.6 Å². The van der Waals surface area contributed by atoms with E-state index in [0.717, 1.165) is 57.7 Å². The highest BCUT2D eigenvalue weighted by molar-refractivity contribution is 14.0. The summed E-state index contributed by atoms with van der Waals surface area (Å²) in [6.07, 6.45) is 2.41. The fraction of sp³-hybridized carbons (Fsp3) is 0.875. The number of hydrogen-bond acceptors (Lipinski definition) is 3. The molecule has 0 aromatic heterocycles. The molecule has 1 amide bonds. The van der Waals surface area contributed by atoms with E-state index in [0.29, 0.717) is 0 Å². The largest absolute Gasteiger partial charge is 0.356 e. The average molecular weight is 439 g/mol. The van der Waals surface area contributed by atoms with Crippen molar-refractivity contribution in [2.24, 2.45) is 10.9 Å². The van der Waals surface area contributed by atoms with E-state index in [1.807, 2.05) is 11.9 Å². The Morgan fingerprint density at radius 2 is 1.74 bits per heavy atom. The maximum absolute atomic E-state index is 11.3. The summed E-state index contributed by atoms with van der Waals surface area (Å²) >= 11 is 0. The van der Waals surface area contributed by atoms with Crippen LogP contribution in [0.5, 0.6) is 0 Å². The maximum Gasteiger partial charge on any atom is 0.219 e. The SMILES string of the molecule is CN=C(NCCCC(C)C)NCCN1CCN(C(C)=O)CC1.I. The summed E-state index contributed by atoms with van der Waals surface area (Å²) in [5.41, 5.74) is 0. The lowest BCUT2D eigenvalue weighted by atomic mass is 10.1. The van der Waals surface area contributed by atoms with E-state index in [4.69, 9.17) is 0 Å². The lowest BCUT2D eigenvalue weighted by Crippen LogP contribution is -2.50. The fourth-order valence-corrected chi connectivity index (χ4v) is 2.56. The first-order valence-corrected chi connectivity index (χ1v) is 8.45. The van der Waals surface area contributed by atoms with Crippen LogP contribution in [0.25, 0.3) is 0 Å². The third kappa shape index (κ3) is 10.0. The Kier molecular flexibility index (Phi) is 12.5. The first-order chi connectivity index (χ1) is 10.5. The van der Waals surface area contributed by atoms with Crippen molar-refractivity contribution >= 4 is 35.8 Å². The molecule has 1 heterocycles. The van der Waals surface area contributed by atoms with Crippen molar-refractivity contribution in [2.75, 3.05) is 52.9 Å². The molecule has 1 fully saturated rings. The van der Waals surface area contributed by atoms with E-state index in [-0.39, 0.29) is 29.9 Å². The molecule has 1 aliphatic heterocycles. The van der Waals surface area contributed by atoms with Crippen LogP contribution in [0.15, 0.2) is 4.99 Å². The van der Waals surface area contributed by atoms with Gasteiger partial charge in [0, 0.05) is 59.8 Å². The lowest BCUT2D eigenvalue weighted by Gasteiger charge is -2.34. The minimum atomic E-state index is 0. The highest BCUT2D eigenvalue weighted by Gasteiger charge is 2.17. The predicted molar refractivity (Wildman–Crippen MR) is 108 cm³/mol. The molecule has 1 rings (SSSR count). The average Bonchev–Trinajstić information content (AvgIpc) is 2.49. The summed E-state index contributed by atoms with van der Waals surface area (Å²) in [5, 5.41) is 6.71. The zero-order valence-corrected chi connectivity index (χ0v) is 17.4. The smallest absolute Gasteiger partial charge is 0.219 e. The molecule has 136 valence electrons. The van der Waals surface area contributed by atoms with Crippen molar-refractivity contribution in [3.63, 3.8) is 0 Å². The van der Waals surface area contributed by atoms with Gasteiger partial charge in [0.1, 0.15) is 0 Å². The van der Waals surface area contributed by atoms with E-state index < -0.39 is 0 Å². The van der Waals surface area contributed by atoms with E-state index in [2.05, 4.69) is 34.4 Å². The van der Waals surface area contributed by atoms with Crippen molar-refractivity contribution in [2.45, 2.75) is 33.6 Å². The Labute approximate surface area is 158 Å². The molecule has 0 radical (unpaired) electrons. The molecule has 1 aliphatic rings. The van der Waals surface area contributed by atoms with E-state index in [1.54, 1.807) is 6.92 Å². The van der Waals surface area contributed by atoms with Gasteiger partial charge in [0.2, 0.25) is 5.91 Å². The first-order valence-electron chi connectivity index (χ1n) is 8.45. The number of carbonyl (C=O) groups is 1. The van der Waals surface area contributed by atoms with Crippen molar-refractivity contribution in [3.8, 4) is 0 Å². The Morgan fingerprint density at radius 1 is 1.13 bits per heavy atom. The van der Waals surface area contributed by atoms with Crippen LogP contribution in [-0.4, -0.2) is 74.5 Å². The number of aliphatic imine (C=N–C) groups is 1. The lowest BCUT2D eigenvalue weighted by molar-refractivity contribution is -0.130. The van der Waals surface area contributed by atoms with Crippen molar-refractivity contribution in [3.05, 3.63) is 0 Å². The summed E-state index contributed by atoms with van der Waals surface area (Å²) in [6.45, 7) is 12.6. The second-order valence-corrected chi connectivity index (χ2v) is 6.31. The molecule has 23 heavy (non-hydrogen) atoms. The summed E-state index contributed by atoms with van der Waals surface area (Å²) < 4.78 is 0. The zero-order chi connectivity index (χ0) is 16.4. The van der Waals surface area contributed by atoms with Gasteiger partial charge in [-0.2, -0.15) is 0 Å². The predicted octanol–water partition coefficient (Wildman–Crippen LogP) is 1.37. The third-order valence-electron chi connectivity index (χ3n) is 4.01. The quantitative estimate of drug-likeness (QED) is 0.272. The highest BCUT2D eigenvalue weighted by Crippen LogP contribution is 2.02. The van der Waals surface area contributed by atoms with Crippen LogP contribution < -0.4 is 10.6 Å². The molecule has 1 saturated heterocycles. The second kappa shape index (κ2) is 12.8. The van der Waals surface area contributed by atoms with Crippen molar-refractivity contribution < 1.29 is 4.79 Å². The number of amides is 1. The number of rotatable bonds is 7. The Hall–Kier alpha value is -0.570. The van der Waals surface area contributed by atoms with Gasteiger partial charge in [-0.15, -0.1) is 24.0 Å². The minimum Gasteiger partial charge on any atom is -0.356 e. The number of nitrogens with zero attached hydrogens (tertiary/aromatic N) is 3. The standard InChI is InChI=1S/C16H33N5O.HI/c1-14(2)6-5-7-18-16(17-4)19-8-9-20-10-12-21(13-11-20)15(3)22;/h14H,5-13H2,1-4H3,(H2,17,18,19);1H. The zero-order valence-electron chi connectivity index (χ0n) is 15.1. The molecule has 0 aromatic carbocycles. The molecule has 2 N–H and O–H groups in total. The van der Waals surface area contributed by atoms with E-state index in [9.17, 15) is 4.79 Å². The van der Waals surface area contributed by atoms with Crippen LogP contribution >= 0.6 is 24.0 Å². The maximum atomic E-state index is 11.3. The topological polar surface area (TPSA) is 60.0 Å². The van der Waals surface area contributed by atoms with Crippen LogP contribution in [-0.2, 0) is 4.79 Å². The number of hydrogen-bond donors (Lipinski definition) is 2. The highest BCUT2D eigenvalue weighted by atomic mass is 127. The van der Waals surface area contributed by atoms with E-state index >= 15 is 0 Å². The number of halogens is 1. The molecule has 0 spiro atoms. The van der Waals surface area contributed by atoms with Crippen LogP contribution in [0.4, 0.5) is 0 Å². The van der Waals surface area contributed by atoms with Crippen LogP contribution in [0.2, 0.25) is 0 Å². The summed E-state index contributed by atoms with van der Waals surface area (Å²) in [5.74, 6) is 1.82. The molecule has 0 aliphatic carbocycles. The fourth-order valence-electron chi connectivity index (χ4n) is 2.56. The van der Waals surface area contributed by atoms with Crippen LogP contribution in [0, 0.1) is 5.92 Å². The molecule has 0 atom stereocenters. The third-order valence-corrected chi connectivity index (χ3v) is 4.01. The summed E-state index contributed by atoms with van der Waals surface area (Å²) in [4.78, 5) is 19.8. The molecule has 0 unspecified atom stereocenters. The Balaban J connectivity index is 0.00000484. The second-order valence-electron chi connectivity index (χ2n) is 6.31. The molecular formula is C16H34IN5O. The molecule has 6 nitrogen and oxygen atoms in total. The number of piperazine rings is 1. The molecular weight excluding hydrogens is 405 g/mol. The number of nitrogens with one attached hydrogen (secondary N) is 2. The van der Waals surface area contributed by atoms with Crippen LogP contribution in [0.3, 0.4) is 0 Å². The Bertz CT molecular complexity index is 354. The van der Waals surface area contributed by atoms with Crippen molar-refractivity contribution in [1.29, 1.82) is 0 Å². The molecule has 0 bridgehead atoms. The monoisotopic (exact) mass is 439 g/mol. The van der Waals surface area contributed by atoms with Gasteiger partial charge in [-0.25, -0.2) is 0 Å².